The zero-order valence-corrected chi connectivity index (χ0v) is 19.1. The maximum absolute atomic E-state index is 13.0. The number of esters is 1. The number of nitrogens with zero attached hydrogens (tertiary/aromatic N) is 4. The highest BCUT2D eigenvalue weighted by atomic mass is 79.9. The van der Waals surface area contributed by atoms with Gasteiger partial charge in [-0.15, -0.1) is 0 Å². The Balaban J connectivity index is 2.14. The van der Waals surface area contributed by atoms with Gasteiger partial charge in [-0.1, -0.05) is 35.0 Å². The Bertz CT molecular complexity index is 1210. The van der Waals surface area contributed by atoms with Crippen molar-refractivity contribution < 1.29 is 9.53 Å². The lowest BCUT2D eigenvalue weighted by Crippen LogP contribution is -2.37. The number of hydrogen-bond donors (Lipinski definition) is 0. The number of fused-ring (bicyclic) bond motifs is 1. The number of carbonyl (C=O) groups excluding carboxylic acids is 1. The van der Waals surface area contributed by atoms with Crippen LogP contribution in [0.3, 0.4) is 0 Å². The first-order chi connectivity index (χ1) is 14.2. The maximum atomic E-state index is 13.0. The predicted molar refractivity (Wildman–Crippen MR) is 118 cm³/mol. The van der Waals surface area contributed by atoms with Crippen molar-refractivity contribution in [2.75, 3.05) is 6.61 Å². The Kier molecular flexibility index (Phi) is 6.60. The van der Waals surface area contributed by atoms with Gasteiger partial charge in [-0.25, -0.2) is 9.78 Å². The number of benzene rings is 1. The van der Waals surface area contributed by atoms with E-state index in [1.165, 1.54) is 11.6 Å². The number of aromatic nitrogens is 4. The average molecular weight is 477 g/mol. The lowest BCUT2D eigenvalue weighted by molar-refractivity contribution is -0.143. The van der Waals surface area contributed by atoms with Gasteiger partial charge in [-0.05, 0) is 31.0 Å². The summed E-state index contributed by atoms with van der Waals surface area (Å²) in [5.41, 5.74) is 0.886. The Hall–Kier alpha value is -2.68. The highest BCUT2D eigenvalue weighted by molar-refractivity contribution is 9.10. The van der Waals surface area contributed by atoms with E-state index in [9.17, 15) is 14.4 Å². The van der Waals surface area contributed by atoms with E-state index in [2.05, 4.69) is 20.9 Å². The minimum atomic E-state index is -0.426. The second kappa shape index (κ2) is 8.99. The molecule has 3 aromatic rings. The number of rotatable bonds is 7. The SMILES string of the molecule is CCOC(=O)CCC(C)c1nc2c(c(=O)n(C)c(=O)n2C)n1Cc1cccc(Br)c1. The third-order valence-corrected chi connectivity index (χ3v) is 5.63. The van der Waals surface area contributed by atoms with Crippen LogP contribution in [0.4, 0.5) is 0 Å². The zero-order chi connectivity index (χ0) is 22.0. The van der Waals surface area contributed by atoms with E-state index in [0.29, 0.717) is 36.6 Å². The van der Waals surface area contributed by atoms with Crippen LogP contribution in [-0.4, -0.2) is 31.3 Å². The summed E-state index contributed by atoms with van der Waals surface area (Å²) in [5, 5.41) is 0. The van der Waals surface area contributed by atoms with Crippen molar-refractivity contribution >= 4 is 33.1 Å². The van der Waals surface area contributed by atoms with Gasteiger partial charge in [0.05, 0.1) is 6.61 Å². The lowest BCUT2D eigenvalue weighted by Gasteiger charge is -2.15. The third-order valence-electron chi connectivity index (χ3n) is 5.13. The van der Waals surface area contributed by atoms with E-state index >= 15 is 0 Å². The molecule has 0 spiro atoms. The van der Waals surface area contributed by atoms with Crippen LogP contribution in [0.25, 0.3) is 11.2 Å². The van der Waals surface area contributed by atoms with Gasteiger partial charge in [-0.3, -0.25) is 18.7 Å². The van der Waals surface area contributed by atoms with Gasteiger partial charge in [-0.2, -0.15) is 0 Å². The van der Waals surface area contributed by atoms with Crippen LogP contribution < -0.4 is 11.2 Å². The zero-order valence-electron chi connectivity index (χ0n) is 17.5. The van der Waals surface area contributed by atoms with E-state index in [1.54, 1.807) is 14.0 Å². The van der Waals surface area contributed by atoms with Gasteiger partial charge >= 0.3 is 11.7 Å². The van der Waals surface area contributed by atoms with Gasteiger partial charge in [0.2, 0.25) is 0 Å². The standard InChI is InChI=1S/C21H25BrN4O4/c1-5-30-16(27)10-9-13(2)18-23-19-17(20(28)25(4)21(29)24(19)3)26(18)12-14-7-6-8-15(22)11-14/h6-8,11,13H,5,9-10,12H2,1-4H3. The van der Waals surface area contributed by atoms with E-state index < -0.39 is 5.69 Å². The number of ether oxygens (including phenoxy) is 1. The summed E-state index contributed by atoms with van der Waals surface area (Å²) < 4.78 is 10.3. The molecule has 30 heavy (non-hydrogen) atoms. The summed E-state index contributed by atoms with van der Waals surface area (Å²) in [6.45, 7) is 4.49. The Morgan fingerprint density at radius 3 is 2.63 bits per heavy atom. The molecule has 0 saturated heterocycles. The summed E-state index contributed by atoms with van der Waals surface area (Å²) >= 11 is 3.48. The van der Waals surface area contributed by atoms with Crippen molar-refractivity contribution in [3.8, 4) is 0 Å². The van der Waals surface area contributed by atoms with Gasteiger partial charge < -0.3 is 9.30 Å². The minimum absolute atomic E-state index is 0.117. The average Bonchev–Trinajstić information content (AvgIpc) is 3.08. The molecule has 0 amide bonds. The largest absolute Gasteiger partial charge is 0.466 e. The van der Waals surface area contributed by atoms with Gasteiger partial charge in [0.25, 0.3) is 5.56 Å². The normalized spacial score (nSPS) is 12.3. The quantitative estimate of drug-likeness (QED) is 0.489. The first-order valence-electron chi connectivity index (χ1n) is 9.80. The summed E-state index contributed by atoms with van der Waals surface area (Å²) in [7, 11) is 3.07. The molecule has 160 valence electrons. The number of halogens is 1. The molecule has 0 aliphatic carbocycles. The molecule has 0 saturated carbocycles. The molecule has 1 atom stereocenters. The smallest absolute Gasteiger partial charge is 0.332 e. The highest BCUT2D eigenvalue weighted by Gasteiger charge is 2.23. The Morgan fingerprint density at radius 1 is 1.23 bits per heavy atom. The Labute approximate surface area is 182 Å². The molecule has 0 aliphatic heterocycles. The molecule has 0 N–H and O–H groups in total. The number of imidazole rings is 1. The maximum Gasteiger partial charge on any atom is 0.332 e. The van der Waals surface area contributed by atoms with Crippen molar-refractivity contribution in [1.82, 2.24) is 18.7 Å². The van der Waals surface area contributed by atoms with Crippen LogP contribution in [0.5, 0.6) is 0 Å². The molecule has 2 heterocycles. The summed E-state index contributed by atoms with van der Waals surface area (Å²) in [6, 6.07) is 7.80. The first kappa shape index (κ1) is 22.0. The fourth-order valence-electron chi connectivity index (χ4n) is 3.51. The molecule has 0 aliphatic rings. The van der Waals surface area contributed by atoms with Crippen molar-refractivity contribution in [1.29, 1.82) is 0 Å². The number of carbonyl (C=O) groups is 1. The topological polar surface area (TPSA) is 88.1 Å². The van der Waals surface area contributed by atoms with E-state index in [0.717, 1.165) is 14.6 Å². The van der Waals surface area contributed by atoms with Gasteiger partial charge in [0.15, 0.2) is 11.2 Å². The second-order valence-electron chi connectivity index (χ2n) is 7.31. The fraction of sp³-hybridized carbons (Fsp3) is 0.429. The fourth-order valence-corrected chi connectivity index (χ4v) is 3.96. The molecule has 9 heteroatoms. The van der Waals surface area contributed by atoms with E-state index in [4.69, 9.17) is 4.74 Å². The second-order valence-corrected chi connectivity index (χ2v) is 8.22. The van der Waals surface area contributed by atoms with Crippen LogP contribution in [0, 0.1) is 0 Å². The molecule has 2 aromatic heterocycles. The Morgan fingerprint density at radius 2 is 1.97 bits per heavy atom. The molecule has 0 radical (unpaired) electrons. The molecule has 1 aromatic carbocycles. The van der Waals surface area contributed by atoms with Crippen molar-refractivity contribution in [2.24, 2.45) is 14.1 Å². The molecular weight excluding hydrogens is 452 g/mol. The molecular formula is C21H25BrN4O4. The lowest BCUT2D eigenvalue weighted by atomic mass is 10.0. The van der Waals surface area contributed by atoms with E-state index in [-0.39, 0.29) is 23.9 Å². The highest BCUT2D eigenvalue weighted by Crippen LogP contribution is 2.25. The minimum Gasteiger partial charge on any atom is -0.466 e. The summed E-state index contributed by atoms with van der Waals surface area (Å²) in [4.78, 5) is 41.8. The van der Waals surface area contributed by atoms with Crippen molar-refractivity contribution in [3.63, 3.8) is 0 Å². The monoisotopic (exact) mass is 476 g/mol. The van der Waals surface area contributed by atoms with Crippen LogP contribution in [0.2, 0.25) is 0 Å². The molecule has 0 fully saturated rings. The summed E-state index contributed by atoms with van der Waals surface area (Å²) in [6.07, 6.45) is 0.779. The molecule has 1 unspecified atom stereocenters. The van der Waals surface area contributed by atoms with Gasteiger partial charge in [0.1, 0.15) is 5.82 Å². The van der Waals surface area contributed by atoms with Crippen molar-refractivity contribution in [2.45, 2.75) is 39.2 Å². The van der Waals surface area contributed by atoms with Crippen LogP contribution in [-0.2, 0) is 30.2 Å². The molecule has 8 nitrogen and oxygen atoms in total. The van der Waals surface area contributed by atoms with Crippen molar-refractivity contribution in [3.05, 3.63) is 61.0 Å². The molecule has 3 rings (SSSR count). The number of aryl methyl sites for hydroxylation is 1. The first-order valence-corrected chi connectivity index (χ1v) is 10.6. The van der Waals surface area contributed by atoms with Crippen LogP contribution in [0.15, 0.2) is 38.3 Å². The number of hydrogen-bond acceptors (Lipinski definition) is 5. The van der Waals surface area contributed by atoms with E-state index in [1.807, 2.05) is 35.8 Å². The van der Waals surface area contributed by atoms with Gasteiger partial charge in [0, 0.05) is 37.5 Å². The predicted octanol–water partition coefficient (Wildman–Crippen LogP) is 2.69. The van der Waals surface area contributed by atoms with Crippen LogP contribution in [0.1, 0.15) is 44.0 Å². The summed E-state index contributed by atoms with van der Waals surface area (Å²) in [5.74, 6) is 0.281. The third kappa shape index (κ3) is 4.26. The van der Waals surface area contributed by atoms with Crippen LogP contribution >= 0.6 is 15.9 Å². The molecule has 0 bridgehead atoms.